The summed E-state index contributed by atoms with van der Waals surface area (Å²) in [4.78, 5) is 24.3. The lowest BCUT2D eigenvalue weighted by atomic mass is 9.70. The molecule has 0 bridgehead atoms. The Balaban J connectivity index is 1.45. The lowest BCUT2D eigenvalue weighted by Crippen LogP contribution is -2.55. The van der Waals surface area contributed by atoms with E-state index in [1.54, 1.807) is 12.1 Å². The number of ether oxygens (including phenoxy) is 2. The molecule has 0 spiro atoms. The normalized spacial score (nSPS) is 26.7. The molecule has 2 amide bonds. The van der Waals surface area contributed by atoms with Gasteiger partial charge in [0.2, 0.25) is 5.91 Å². The van der Waals surface area contributed by atoms with Crippen molar-refractivity contribution in [2.75, 3.05) is 13.2 Å². The first kappa shape index (κ1) is 20.5. The Morgan fingerprint density at radius 1 is 1.14 bits per heavy atom. The van der Waals surface area contributed by atoms with Gasteiger partial charge >= 0.3 is 0 Å². The summed E-state index contributed by atoms with van der Waals surface area (Å²) >= 11 is 0. The van der Waals surface area contributed by atoms with Gasteiger partial charge in [-0.15, -0.1) is 0 Å². The van der Waals surface area contributed by atoms with Crippen molar-refractivity contribution in [3.63, 3.8) is 0 Å². The van der Waals surface area contributed by atoms with Gasteiger partial charge in [-0.25, -0.2) is 0 Å². The first-order chi connectivity index (χ1) is 13.6. The number of hydrogen-bond acceptors (Lipinski definition) is 4. The number of carbonyl (C=O) groups is 2. The molecule has 4 unspecified atom stereocenters. The van der Waals surface area contributed by atoms with Crippen LogP contribution in [0.1, 0.15) is 52.4 Å². The molecule has 1 heterocycles. The van der Waals surface area contributed by atoms with Gasteiger partial charge in [0.15, 0.2) is 6.61 Å². The molecule has 28 heavy (non-hydrogen) atoms. The highest BCUT2D eigenvalue weighted by molar-refractivity contribution is 5.78. The van der Waals surface area contributed by atoms with Crippen molar-refractivity contribution >= 4 is 11.8 Å². The minimum absolute atomic E-state index is 0.0105. The van der Waals surface area contributed by atoms with Crippen LogP contribution in [0.4, 0.5) is 0 Å². The molecule has 4 atom stereocenters. The molecular formula is C22H32N2O4. The second kappa shape index (κ2) is 9.80. The van der Waals surface area contributed by atoms with Crippen molar-refractivity contribution in [3.8, 4) is 11.5 Å². The Labute approximate surface area is 167 Å². The quantitative estimate of drug-likeness (QED) is 0.718. The predicted molar refractivity (Wildman–Crippen MR) is 107 cm³/mol. The summed E-state index contributed by atoms with van der Waals surface area (Å²) in [7, 11) is 0. The van der Waals surface area contributed by atoms with Crippen LogP contribution in [0.25, 0.3) is 0 Å². The van der Waals surface area contributed by atoms with E-state index in [0.717, 1.165) is 37.9 Å². The van der Waals surface area contributed by atoms with Crippen molar-refractivity contribution in [1.82, 2.24) is 10.6 Å². The number of rotatable bonds is 8. The molecule has 0 radical (unpaired) electrons. The van der Waals surface area contributed by atoms with Gasteiger partial charge in [0.05, 0.1) is 6.61 Å². The number of hydrogen-bond donors (Lipinski definition) is 2. The topological polar surface area (TPSA) is 76.7 Å². The number of benzene rings is 1. The van der Waals surface area contributed by atoms with E-state index in [1.165, 1.54) is 0 Å². The molecule has 1 aromatic carbocycles. The summed E-state index contributed by atoms with van der Waals surface area (Å²) in [6, 6.07) is 7.54. The maximum atomic E-state index is 12.3. The number of nitrogens with one attached hydrogen (secondary N) is 2. The van der Waals surface area contributed by atoms with E-state index >= 15 is 0 Å². The van der Waals surface area contributed by atoms with Crippen LogP contribution in [0.15, 0.2) is 24.3 Å². The second-order valence-electron chi connectivity index (χ2n) is 7.86. The maximum Gasteiger partial charge on any atom is 0.258 e. The SMILES string of the molecule is CCCC1CC(=O)NC2CC(NC(=O)COc3ccc(OCC)cc3)CCC12. The largest absolute Gasteiger partial charge is 0.494 e. The fourth-order valence-corrected chi connectivity index (χ4v) is 4.61. The summed E-state index contributed by atoms with van der Waals surface area (Å²) < 4.78 is 11.0. The van der Waals surface area contributed by atoms with E-state index in [1.807, 2.05) is 19.1 Å². The summed E-state index contributed by atoms with van der Waals surface area (Å²) in [5.74, 6) is 2.50. The van der Waals surface area contributed by atoms with E-state index in [0.29, 0.717) is 30.6 Å². The van der Waals surface area contributed by atoms with Crippen molar-refractivity contribution in [2.45, 2.75) is 64.5 Å². The van der Waals surface area contributed by atoms with Crippen molar-refractivity contribution in [2.24, 2.45) is 11.8 Å². The Hall–Kier alpha value is -2.24. The van der Waals surface area contributed by atoms with Gasteiger partial charge in [0, 0.05) is 18.5 Å². The van der Waals surface area contributed by atoms with Crippen LogP contribution in [-0.2, 0) is 9.59 Å². The molecule has 3 rings (SSSR count). The van der Waals surface area contributed by atoms with E-state index in [-0.39, 0.29) is 30.5 Å². The summed E-state index contributed by atoms with van der Waals surface area (Å²) in [5, 5.41) is 6.23. The van der Waals surface area contributed by atoms with Gasteiger partial charge in [-0.3, -0.25) is 9.59 Å². The van der Waals surface area contributed by atoms with Crippen molar-refractivity contribution < 1.29 is 19.1 Å². The molecule has 1 aromatic rings. The van der Waals surface area contributed by atoms with Crippen LogP contribution in [0.2, 0.25) is 0 Å². The van der Waals surface area contributed by atoms with E-state index in [4.69, 9.17) is 9.47 Å². The Morgan fingerprint density at radius 2 is 1.86 bits per heavy atom. The third-order valence-electron chi connectivity index (χ3n) is 5.83. The zero-order valence-electron chi connectivity index (χ0n) is 16.9. The van der Waals surface area contributed by atoms with Crippen molar-refractivity contribution in [1.29, 1.82) is 0 Å². The Bertz CT molecular complexity index is 661. The molecule has 1 saturated heterocycles. The lowest BCUT2D eigenvalue weighted by molar-refractivity contribution is -0.127. The van der Waals surface area contributed by atoms with Gasteiger partial charge in [-0.1, -0.05) is 13.3 Å². The highest BCUT2D eigenvalue weighted by Crippen LogP contribution is 2.37. The van der Waals surface area contributed by atoms with E-state index in [2.05, 4.69) is 17.6 Å². The monoisotopic (exact) mass is 388 g/mol. The van der Waals surface area contributed by atoms with Gasteiger partial charge in [-0.05, 0) is 68.7 Å². The van der Waals surface area contributed by atoms with Crippen LogP contribution in [-0.4, -0.2) is 37.1 Å². The van der Waals surface area contributed by atoms with Gasteiger partial charge < -0.3 is 20.1 Å². The standard InChI is InChI=1S/C22H32N2O4/c1-3-5-15-12-21(25)24-20-13-16(6-11-19(15)20)23-22(26)14-28-18-9-7-17(8-10-18)27-4-2/h7-10,15-16,19-20H,3-6,11-14H2,1-2H3,(H,23,26)(H,24,25). The predicted octanol–water partition coefficient (Wildman–Crippen LogP) is 3.05. The Morgan fingerprint density at radius 3 is 2.54 bits per heavy atom. The van der Waals surface area contributed by atoms with E-state index in [9.17, 15) is 9.59 Å². The first-order valence-electron chi connectivity index (χ1n) is 10.5. The lowest BCUT2D eigenvalue weighted by Gasteiger charge is -2.44. The van der Waals surface area contributed by atoms with Crippen LogP contribution in [0.3, 0.4) is 0 Å². The molecule has 1 saturated carbocycles. The van der Waals surface area contributed by atoms with Gasteiger partial charge in [0.25, 0.3) is 5.91 Å². The highest BCUT2D eigenvalue weighted by atomic mass is 16.5. The third-order valence-corrected chi connectivity index (χ3v) is 5.83. The smallest absolute Gasteiger partial charge is 0.258 e. The van der Waals surface area contributed by atoms with Crippen LogP contribution >= 0.6 is 0 Å². The fourth-order valence-electron chi connectivity index (χ4n) is 4.61. The highest BCUT2D eigenvalue weighted by Gasteiger charge is 2.40. The number of piperidine rings is 1. The number of carbonyl (C=O) groups excluding carboxylic acids is 2. The third kappa shape index (κ3) is 5.40. The van der Waals surface area contributed by atoms with Crippen LogP contribution in [0, 0.1) is 11.8 Å². The zero-order valence-corrected chi connectivity index (χ0v) is 16.9. The van der Waals surface area contributed by atoms with E-state index < -0.39 is 0 Å². The molecule has 1 aliphatic heterocycles. The molecule has 2 aliphatic rings. The second-order valence-corrected chi connectivity index (χ2v) is 7.86. The summed E-state index contributed by atoms with van der Waals surface area (Å²) in [6.45, 7) is 4.72. The maximum absolute atomic E-state index is 12.3. The molecular weight excluding hydrogens is 356 g/mol. The Kier molecular flexibility index (Phi) is 7.18. The summed E-state index contributed by atoms with van der Waals surface area (Å²) in [5.41, 5.74) is 0. The zero-order chi connectivity index (χ0) is 19.9. The van der Waals surface area contributed by atoms with Crippen LogP contribution < -0.4 is 20.1 Å². The average Bonchev–Trinajstić information content (AvgIpc) is 2.67. The molecule has 6 nitrogen and oxygen atoms in total. The molecule has 2 N–H and O–H groups in total. The minimum Gasteiger partial charge on any atom is -0.494 e. The van der Waals surface area contributed by atoms with Gasteiger partial charge in [-0.2, -0.15) is 0 Å². The fraction of sp³-hybridized carbons (Fsp3) is 0.636. The molecule has 154 valence electrons. The summed E-state index contributed by atoms with van der Waals surface area (Å²) in [6.07, 6.45) is 5.71. The van der Waals surface area contributed by atoms with Crippen molar-refractivity contribution in [3.05, 3.63) is 24.3 Å². The molecule has 0 aromatic heterocycles. The minimum atomic E-state index is -0.121. The molecule has 6 heteroatoms. The van der Waals surface area contributed by atoms with Crippen LogP contribution in [0.5, 0.6) is 11.5 Å². The number of fused-ring (bicyclic) bond motifs is 1. The molecule has 1 aliphatic carbocycles. The number of amides is 2. The van der Waals surface area contributed by atoms with Gasteiger partial charge in [0.1, 0.15) is 11.5 Å². The molecule has 2 fully saturated rings. The average molecular weight is 389 g/mol. The first-order valence-corrected chi connectivity index (χ1v) is 10.5.